The minimum atomic E-state index is 0.500. The summed E-state index contributed by atoms with van der Waals surface area (Å²) >= 11 is 0. The smallest absolute Gasteiger partial charge is 0.0882 e. The van der Waals surface area contributed by atoms with E-state index in [4.69, 9.17) is 4.74 Å². The number of likely N-dealkylation sites (tertiary alicyclic amines) is 1. The van der Waals surface area contributed by atoms with Gasteiger partial charge in [-0.1, -0.05) is 6.07 Å². The second-order valence-electron chi connectivity index (χ2n) is 6.51. The average molecular weight is 296 g/mol. The summed E-state index contributed by atoms with van der Waals surface area (Å²) in [6.07, 6.45) is 11.2. The Hall–Kier alpha value is -1.74. The van der Waals surface area contributed by atoms with Gasteiger partial charge >= 0.3 is 0 Å². The minimum absolute atomic E-state index is 0.500. The number of hydrogen-bond donors (Lipinski definition) is 1. The van der Waals surface area contributed by atoms with Gasteiger partial charge in [-0.3, -0.25) is 0 Å². The van der Waals surface area contributed by atoms with Crippen LogP contribution in [-0.2, 0) is 11.2 Å². The molecule has 0 spiro atoms. The van der Waals surface area contributed by atoms with Crippen LogP contribution in [0, 0.1) is 0 Å². The van der Waals surface area contributed by atoms with Gasteiger partial charge < -0.3 is 14.6 Å². The zero-order valence-electron chi connectivity index (χ0n) is 13.1. The van der Waals surface area contributed by atoms with Crippen molar-refractivity contribution in [1.82, 2.24) is 9.88 Å². The summed E-state index contributed by atoms with van der Waals surface area (Å²) in [6.45, 7) is 4.57. The molecule has 0 aliphatic carbocycles. The lowest BCUT2D eigenvalue weighted by molar-refractivity contribution is 0.223. The van der Waals surface area contributed by atoms with Gasteiger partial charge in [0.1, 0.15) is 0 Å². The number of allylic oxidation sites excluding steroid dienone is 1. The van der Waals surface area contributed by atoms with E-state index in [1.54, 1.807) is 0 Å². The average Bonchev–Trinajstić information content (AvgIpc) is 3.23. The molecule has 1 unspecified atom stereocenters. The van der Waals surface area contributed by atoms with Gasteiger partial charge in [0.25, 0.3) is 0 Å². The number of fused-ring (bicyclic) bond motifs is 1. The summed E-state index contributed by atoms with van der Waals surface area (Å²) in [4.78, 5) is 6.02. The molecule has 22 heavy (non-hydrogen) atoms. The summed E-state index contributed by atoms with van der Waals surface area (Å²) in [5, 5.41) is 1.40. The van der Waals surface area contributed by atoms with E-state index in [0.717, 1.165) is 19.4 Å². The van der Waals surface area contributed by atoms with Crippen LogP contribution in [0.5, 0.6) is 0 Å². The number of hydrogen-bond acceptors (Lipinski definition) is 2. The molecule has 1 fully saturated rings. The van der Waals surface area contributed by atoms with Crippen LogP contribution in [0.4, 0.5) is 0 Å². The molecule has 4 rings (SSSR count). The van der Waals surface area contributed by atoms with E-state index in [-0.39, 0.29) is 0 Å². The van der Waals surface area contributed by atoms with E-state index < -0.39 is 0 Å². The fourth-order valence-corrected chi connectivity index (χ4v) is 3.71. The Balaban J connectivity index is 1.56. The summed E-state index contributed by atoms with van der Waals surface area (Å²) < 4.78 is 5.32. The van der Waals surface area contributed by atoms with Crippen molar-refractivity contribution < 1.29 is 4.74 Å². The molecule has 2 aliphatic rings. The highest BCUT2D eigenvalue weighted by Crippen LogP contribution is 2.29. The fraction of sp³-hybridized carbons (Fsp3) is 0.474. The molecule has 1 aromatic carbocycles. The first kappa shape index (κ1) is 13.9. The number of rotatable bonds is 4. The maximum Gasteiger partial charge on any atom is 0.0882 e. The van der Waals surface area contributed by atoms with Crippen molar-refractivity contribution in [2.75, 3.05) is 26.2 Å². The first-order valence-corrected chi connectivity index (χ1v) is 8.51. The molecule has 0 radical (unpaired) electrons. The van der Waals surface area contributed by atoms with Crippen molar-refractivity contribution in [3.63, 3.8) is 0 Å². The molecule has 3 nitrogen and oxygen atoms in total. The van der Waals surface area contributed by atoms with Crippen LogP contribution in [0.15, 0.2) is 36.7 Å². The summed E-state index contributed by atoms with van der Waals surface area (Å²) in [7, 11) is 0. The molecule has 1 atom stereocenters. The molecular formula is C19H24N2O. The molecule has 1 aromatic heterocycles. The van der Waals surface area contributed by atoms with Crippen LogP contribution in [0.1, 0.15) is 36.3 Å². The molecule has 1 N–H and O–H groups in total. The monoisotopic (exact) mass is 296 g/mol. The summed E-state index contributed by atoms with van der Waals surface area (Å²) in [5.41, 5.74) is 4.13. The number of nitrogens with zero attached hydrogens (tertiary/aromatic N) is 1. The van der Waals surface area contributed by atoms with Gasteiger partial charge in [0.15, 0.2) is 0 Å². The molecule has 3 heterocycles. The van der Waals surface area contributed by atoms with E-state index in [1.165, 1.54) is 54.5 Å². The molecule has 0 saturated carbocycles. The zero-order valence-corrected chi connectivity index (χ0v) is 13.1. The number of ether oxygens (including phenoxy) is 1. The van der Waals surface area contributed by atoms with Gasteiger partial charge in [-0.2, -0.15) is 0 Å². The Morgan fingerprint density at radius 2 is 2.14 bits per heavy atom. The van der Waals surface area contributed by atoms with Crippen molar-refractivity contribution in [1.29, 1.82) is 0 Å². The van der Waals surface area contributed by atoms with Gasteiger partial charge in [-0.15, -0.1) is 0 Å². The lowest BCUT2D eigenvalue weighted by atomic mass is 9.93. The maximum absolute atomic E-state index is 5.32. The van der Waals surface area contributed by atoms with Crippen molar-refractivity contribution in [2.45, 2.75) is 31.6 Å². The van der Waals surface area contributed by atoms with E-state index in [1.807, 2.05) is 6.26 Å². The number of nitrogens with one attached hydrogen (secondary N) is 1. The van der Waals surface area contributed by atoms with Crippen LogP contribution < -0.4 is 0 Å². The third-order valence-corrected chi connectivity index (χ3v) is 5.07. The van der Waals surface area contributed by atoms with Crippen molar-refractivity contribution in [3.05, 3.63) is 47.9 Å². The molecular weight excluding hydrogens is 272 g/mol. The largest absolute Gasteiger partial charge is 0.501 e. The van der Waals surface area contributed by atoms with Gasteiger partial charge in [-0.05, 0) is 68.1 Å². The van der Waals surface area contributed by atoms with E-state index in [9.17, 15) is 0 Å². The van der Waals surface area contributed by atoms with E-state index in [2.05, 4.69) is 40.4 Å². The predicted octanol–water partition coefficient (Wildman–Crippen LogP) is 3.82. The van der Waals surface area contributed by atoms with E-state index >= 15 is 0 Å². The van der Waals surface area contributed by atoms with Crippen LogP contribution in [0.2, 0.25) is 0 Å². The quantitative estimate of drug-likeness (QED) is 0.929. The minimum Gasteiger partial charge on any atom is -0.501 e. The highest BCUT2D eigenvalue weighted by Gasteiger charge is 2.15. The number of aromatic amines is 1. The Morgan fingerprint density at radius 1 is 1.23 bits per heavy atom. The Morgan fingerprint density at radius 3 is 2.95 bits per heavy atom. The number of H-pyrrole nitrogens is 1. The molecule has 0 amide bonds. The number of benzene rings is 1. The second kappa shape index (κ2) is 6.17. The van der Waals surface area contributed by atoms with Gasteiger partial charge in [0, 0.05) is 29.6 Å². The molecule has 116 valence electrons. The highest BCUT2D eigenvalue weighted by molar-refractivity contribution is 5.84. The van der Waals surface area contributed by atoms with Crippen molar-refractivity contribution in [2.24, 2.45) is 0 Å². The van der Waals surface area contributed by atoms with Crippen molar-refractivity contribution in [3.8, 4) is 0 Å². The van der Waals surface area contributed by atoms with Gasteiger partial charge in [0.2, 0.25) is 0 Å². The fourth-order valence-electron chi connectivity index (χ4n) is 3.71. The highest BCUT2D eigenvalue weighted by atomic mass is 16.5. The summed E-state index contributed by atoms with van der Waals surface area (Å²) in [6, 6.07) is 6.86. The normalized spacial score (nSPS) is 22.3. The van der Waals surface area contributed by atoms with Gasteiger partial charge in [0.05, 0.1) is 12.9 Å². The first-order chi connectivity index (χ1) is 10.9. The topological polar surface area (TPSA) is 28.3 Å². The SMILES string of the molecule is C1=CC(c2ccc3[nH]cc(CCN4CCCC4)c3c2)CCO1. The molecule has 0 bridgehead atoms. The first-order valence-electron chi connectivity index (χ1n) is 8.51. The second-order valence-corrected chi connectivity index (χ2v) is 6.51. The zero-order chi connectivity index (χ0) is 14.8. The Bertz CT molecular complexity index is 667. The molecule has 2 aliphatic heterocycles. The van der Waals surface area contributed by atoms with Gasteiger partial charge in [-0.25, -0.2) is 0 Å². The lowest BCUT2D eigenvalue weighted by Gasteiger charge is -2.17. The van der Waals surface area contributed by atoms with Crippen LogP contribution >= 0.6 is 0 Å². The molecule has 2 aromatic rings. The van der Waals surface area contributed by atoms with Crippen molar-refractivity contribution >= 4 is 10.9 Å². The number of aromatic nitrogens is 1. The standard InChI is InChI=1S/C19H24N2O/c1-2-9-21(8-1)10-5-17-14-20-19-4-3-16(13-18(17)19)15-6-11-22-12-7-15/h3-4,6,11,13-15,20H,1-2,5,7-10,12H2. The van der Waals surface area contributed by atoms with Crippen LogP contribution in [0.3, 0.4) is 0 Å². The molecule has 3 heteroatoms. The predicted molar refractivity (Wildman–Crippen MR) is 90.1 cm³/mol. The van der Waals surface area contributed by atoms with Crippen LogP contribution in [-0.4, -0.2) is 36.1 Å². The van der Waals surface area contributed by atoms with E-state index in [0.29, 0.717) is 5.92 Å². The third kappa shape index (κ3) is 2.78. The third-order valence-electron chi connectivity index (χ3n) is 5.07. The Kier molecular flexibility index (Phi) is 3.90. The lowest BCUT2D eigenvalue weighted by Crippen LogP contribution is -2.21. The summed E-state index contributed by atoms with van der Waals surface area (Å²) in [5.74, 6) is 0.500. The van der Waals surface area contributed by atoms with Crippen LogP contribution in [0.25, 0.3) is 10.9 Å². The maximum atomic E-state index is 5.32. The Labute approximate surface area is 132 Å². The molecule has 1 saturated heterocycles.